The van der Waals surface area contributed by atoms with Crippen molar-refractivity contribution in [2.45, 2.75) is 6.42 Å². The van der Waals surface area contributed by atoms with Crippen LogP contribution in [0.1, 0.15) is 6.42 Å². The average Bonchev–Trinajstić information content (AvgIpc) is 3.08. The first kappa shape index (κ1) is 20.3. The minimum atomic E-state index is -1.75. The highest BCUT2D eigenvalue weighted by Crippen LogP contribution is 2.28. The Kier molecular flexibility index (Phi) is 5.81. The maximum atomic E-state index is 13.8. The molecule has 29 heavy (non-hydrogen) atoms. The van der Waals surface area contributed by atoms with E-state index in [1.165, 1.54) is 18.2 Å². The van der Waals surface area contributed by atoms with Gasteiger partial charge in [-0.3, -0.25) is 14.4 Å². The minimum absolute atomic E-state index is 0.0272. The molecule has 1 N–H and O–H groups in total. The van der Waals surface area contributed by atoms with Gasteiger partial charge in [0.1, 0.15) is 5.82 Å². The summed E-state index contributed by atoms with van der Waals surface area (Å²) >= 11 is 0. The standard InChI is InChI=1S/C19H14F4N2O4/c20-11-3-1-2-4-14(11)25-8-10(7-16(25)27)19(28)29-9-15(26)24-13-6-5-12(21)17(22)18(13)23/h1-6,10H,7-9H2,(H,24,26)/t10-/m0/s1. The third kappa shape index (κ3) is 4.36. The molecule has 2 amide bonds. The second-order valence-electron chi connectivity index (χ2n) is 6.24. The summed E-state index contributed by atoms with van der Waals surface area (Å²) in [6.45, 7) is -0.959. The number of amides is 2. The van der Waals surface area contributed by atoms with Gasteiger partial charge in [-0.15, -0.1) is 0 Å². The van der Waals surface area contributed by atoms with Crippen molar-refractivity contribution in [1.82, 2.24) is 0 Å². The fraction of sp³-hybridized carbons (Fsp3) is 0.211. The number of rotatable bonds is 5. The number of carbonyl (C=O) groups is 3. The van der Waals surface area contributed by atoms with Gasteiger partial charge >= 0.3 is 5.97 Å². The van der Waals surface area contributed by atoms with Crippen LogP contribution in [-0.4, -0.2) is 30.9 Å². The molecule has 1 fully saturated rings. The molecule has 0 aromatic heterocycles. The summed E-state index contributed by atoms with van der Waals surface area (Å²) in [5.74, 6) is -8.65. The average molecular weight is 410 g/mol. The topological polar surface area (TPSA) is 75.7 Å². The lowest BCUT2D eigenvalue weighted by atomic mass is 10.1. The summed E-state index contributed by atoms with van der Waals surface area (Å²) in [7, 11) is 0. The maximum Gasteiger partial charge on any atom is 0.311 e. The van der Waals surface area contributed by atoms with Crippen LogP contribution in [0.3, 0.4) is 0 Å². The molecule has 6 nitrogen and oxygen atoms in total. The number of hydrogen-bond donors (Lipinski definition) is 1. The molecular weight excluding hydrogens is 396 g/mol. The van der Waals surface area contributed by atoms with Crippen LogP contribution in [0.2, 0.25) is 0 Å². The van der Waals surface area contributed by atoms with E-state index in [1.54, 1.807) is 6.07 Å². The second kappa shape index (κ2) is 8.29. The highest BCUT2D eigenvalue weighted by molar-refractivity contribution is 6.00. The predicted molar refractivity (Wildman–Crippen MR) is 92.8 cm³/mol. The van der Waals surface area contributed by atoms with Crippen LogP contribution in [0, 0.1) is 29.2 Å². The van der Waals surface area contributed by atoms with E-state index >= 15 is 0 Å². The van der Waals surface area contributed by atoms with Crippen LogP contribution in [0.4, 0.5) is 28.9 Å². The quantitative estimate of drug-likeness (QED) is 0.467. The van der Waals surface area contributed by atoms with E-state index in [9.17, 15) is 31.9 Å². The molecule has 2 aromatic carbocycles. The van der Waals surface area contributed by atoms with Crippen molar-refractivity contribution < 1.29 is 36.7 Å². The van der Waals surface area contributed by atoms with Crippen molar-refractivity contribution in [2.24, 2.45) is 5.92 Å². The van der Waals surface area contributed by atoms with Crippen molar-refractivity contribution in [3.05, 3.63) is 59.7 Å². The van der Waals surface area contributed by atoms with E-state index in [1.807, 2.05) is 5.32 Å². The molecule has 2 aromatic rings. The maximum absolute atomic E-state index is 13.8. The molecule has 0 radical (unpaired) electrons. The predicted octanol–water partition coefficient (Wildman–Crippen LogP) is 2.78. The van der Waals surface area contributed by atoms with Crippen LogP contribution in [0.5, 0.6) is 0 Å². The SMILES string of the molecule is O=C(COC(=O)[C@H]1CC(=O)N(c2ccccc2F)C1)Nc1ccc(F)c(F)c1F. The van der Waals surface area contributed by atoms with Crippen LogP contribution < -0.4 is 10.2 Å². The first-order chi connectivity index (χ1) is 13.8. The van der Waals surface area contributed by atoms with Crippen LogP contribution in [0.15, 0.2) is 36.4 Å². The molecular formula is C19H14F4N2O4. The van der Waals surface area contributed by atoms with Gasteiger partial charge in [-0.2, -0.15) is 0 Å². The van der Waals surface area contributed by atoms with E-state index in [4.69, 9.17) is 4.74 Å². The van der Waals surface area contributed by atoms with Gasteiger partial charge in [0.05, 0.1) is 17.3 Å². The number of esters is 1. The van der Waals surface area contributed by atoms with E-state index in [2.05, 4.69) is 0 Å². The van der Waals surface area contributed by atoms with E-state index in [-0.39, 0.29) is 18.7 Å². The minimum Gasteiger partial charge on any atom is -0.455 e. The molecule has 1 aliphatic heterocycles. The first-order valence-corrected chi connectivity index (χ1v) is 8.42. The smallest absolute Gasteiger partial charge is 0.311 e. The van der Waals surface area contributed by atoms with Crippen LogP contribution in [0.25, 0.3) is 0 Å². The molecule has 1 heterocycles. The summed E-state index contributed by atoms with van der Waals surface area (Å²) < 4.78 is 58.2. The van der Waals surface area contributed by atoms with Gasteiger partial charge in [0.25, 0.3) is 5.91 Å². The Bertz CT molecular complexity index is 983. The molecule has 10 heteroatoms. The second-order valence-corrected chi connectivity index (χ2v) is 6.24. The van der Waals surface area contributed by atoms with Crippen molar-refractivity contribution >= 4 is 29.2 Å². The number of ether oxygens (including phenoxy) is 1. The summed E-state index contributed by atoms with van der Waals surface area (Å²) in [6, 6.07) is 7.01. The lowest BCUT2D eigenvalue weighted by Gasteiger charge is -2.17. The first-order valence-electron chi connectivity index (χ1n) is 8.42. The summed E-state index contributed by atoms with van der Waals surface area (Å²) in [4.78, 5) is 37.1. The number of benzene rings is 2. The van der Waals surface area contributed by atoms with Crippen LogP contribution in [-0.2, 0) is 19.1 Å². The normalized spacial score (nSPS) is 16.1. The van der Waals surface area contributed by atoms with Gasteiger partial charge < -0.3 is 15.0 Å². The number of halogens is 4. The number of carbonyl (C=O) groups excluding carboxylic acids is 3. The van der Waals surface area contributed by atoms with Crippen molar-refractivity contribution in [3.8, 4) is 0 Å². The molecule has 0 spiro atoms. The number of nitrogens with one attached hydrogen (secondary N) is 1. The van der Waals surface area contributed by atoms with Gasteiger partial charge in [-0.25, -0.2) is 17.6 Å². The highest BCUT2D eigenvalue weighted by Gasteiger charge is 2.37. The Morgan fingerprint density at radius 3 is 2.48 bits per heavy atom. The molecule has 0 saturated carbocycles. The molecule has 1 saturated heterocycles. The van der Waals surface area contributed by atoms with Gasteiger partial charge in [0.15, 0.2) is 24.1 Å². The molecule has 0 bridgehead atoms. The summed E-state index contributed by atoms with van der Waals surface area (Å²) in [5.41, 5.74) is -0.592. The lowest BCUT2D eigenvalue weighted by molar-refractivity contribution is -0.151. The monoisotopic (exact) mass is 410 g/mol. The van der Waals surface area contributed by atoms with Crippen LogP contribution >= 0.6 is 0 Å². The van der Waals surface area contributed by atoms with Gasteiger partial charge in [0.2, 0.25) is 5.91 Å². The van der Waals surface area contributed by atoms with Gasteiger partial charge in [-0.05, 0) is 24.3 Å². The number of anilines is 2. The van der Waals surface area contributed by atoms with Gasteiger partial charge in [0, 0.05) is 13.0 Å². The van der Waals surface area contributed by atoms with Crippen molar-refractivity contribution in [1.29, 1.82) is 0 Å². The van der Waals surface area contributed by atoms with Crippen molar-refractivity contribution in [3.63, 3.8) is 0 Å². The molecule has 152 valence electrons. The Labute approximate surface area is 162 Å². The zero-order chi connectivity index (χ0) is 21.1. The number of nitrogens with zero attached hydrogens (tertiary/aromatic N) is 1. The largest absolute Gasteiger partial charge is 0.455 e. The van der Waals surface area contributed by atoms with E-state index in [0.717, 1.165) is 11.0 Å². The molecule has 1 atom stereocenters. The molecule has 0 aliphatic carbocycles. The summed E-state index contributed by atoms with van der Waals surface area (Å²) in [6.07, 6.45) is -0.230. The van der Waals surface area contributed by atoms with Crippen molar-refractivity contribution in [2.75, 3.05) is 23.4 Å². The Morgan fingerprint density at radius 1 is 1.03 bits per heavy atom. The third-order valence-electron chi connectivity index (χ3n) is 4.26. The zero-order valence-corrected chi connectivity index (χ0v) is 14.8. The number of para-hydroxylation sites is 1. The Morgan fingerprint density at radius 2 is 1.76 bits per heavy atom. The lowest BCUT2D eigenvalue weighted by Crippen LogP contribution is -2.28. The molecule has 1 aliphatic rings. The Balaban J connectivity index is 1.56. The highest BCUT2D eigenvalue weighted by atomic mass is 19.2. The molecule has 3 rings (SSSR count). The third-order valence-corrected chi connectivity index (χ3v) is 4.26. The fourth-order valence-corrected chi connectivity index (χ4v) is 2.83. The zero-order valence-electron chi connectivity index (χ0n) is 14.8. The summed E-state index contributed by atoms with van der Waals surface area (Å²) in [5, 5.41) is 1.95. The fourth-order valence-electron chi connectivity index (χ4n) is 2.83. The molecule has 0 unspecified atom stereocenters. The number of hydrogen-bond acceptors (Lipinski definition) is 4. The Hall–Kier alpha value is -3.43. The van der Waals surface area contributed by atoms with E-state index in [0.29, 0.717) is 6.07 Å². The van der Waals surface area contributed by atoms with Gasteiger partial charge in [-0.1, -0.05) is 12.1 Å². The van der Waals surface area contributed by atoms with E-state index < -0.39 is 59.3 Å².